The van der Waals surface area contributed by atoms with Gasteiger partial charge in [0, 0.05) is 30.1 Å². The molecule has 1 rings (SSSR count). The van der Waals surface area contributed by atoms with Gasteiger partial charge in [-0.2, -0.15) is 0 Å². The fourth-order valence-corrected chi connectivity index (χ4v) is 2.25. The number of ether oxygens (including phenoxy) is 1. The summed E-state index contributed by atoms with van der Waals surface area (Å²) in [6.45, 7) is 4.15. The Morgan fingerprint density at radius 1 is 1.58 bits per heavy atom. The zero-order chi connectivity index (χ0) is 13.9. The van der Waals surface area contributed by atoms with Gasteiger partial charge < -0.3 is 15.8 Å². The number of carbonyl (C=O) groups is 1. The van der Waals surface area contributed by atoms with Crippen LogP contribution in [0.4, 0.5) is 0 Å². The first-order valence-corrected chi connectivity index (χ1v) is 7.25. The molecule has 0 spiro atoms. The van der Waals surface area contributed by atoms with Crippen molar-refractivity contribution in [3.63, 3.8) is 0 Å². The zero-order valence-electron chi connectivity index (χ0n) is 11.2. The quantitative estimate of drug-likeness (QED) is 0.587. The maximum atomic E-state index is 11.6. The lowest BCUT2D eigenvalue weighted by Gasteiger charge is -2.04. The molecule has 0 unspecified atom stereocenters. The van der Waals surface area contributed by atoms with Crippen LogP contribution in [-0.2, 0) is 16.1 Å². The van der Waals surface area contributed by atoms with E-state index < -0.39 is 0 Å². The van der Waals surface area contributed by atoms with Crippen molar-refractivity contribution in [3.8, 4) is 11.8 Å². The van der Waals surface area contributed by atoms with Crippen LogP contribution in [-0.4, -0.2) is 25.7 Å². The predicted molar refractivity (Wildman–Crippen MR) is 77.8 cm³/mol. The van der Waals surface area contributed by atoms with Crippen LogP contribution in [0.1, 0.15) is 30.2 Å². The van der Waals surface area contributed by atoms with Gasteiger partial charge in [-0.05, 0) is 24.8 Å². The molecule has 0 aliphatic carbocycles. The van der Waals surface area contributed by atoms with Crippen LogP contribution in [0.5, 0.6) is 0 Å². The molecule has 1 aromatic rings. The van der Waals surface area contributed by atoms with Crippen LogP contribution in [0.2, 0.25) is 0 Å². The number of hydrogen-bond acceptors (Lipinski definition) is 4. The maximum Gasteiger partial charge on any atom is 0.220 e. The highest BCUT2D eigenvalue weighted by atomic mass is 32.1. The van der Waals surface area contributed by atoms with Crippen LogP contribution in [0.3, 0.4) is 0 Å². The van der Waals surface area contributed by atoms with Gasteiger partial charge in [-0.15, -0.1) is 11.3 Å². The van der Waals surface area contributed by atoms with Crippen molar-refractivity contribution in [1.29, 1.82) is 0 Å². The lowest BCUT2D eigenvalue weighted by Crippen LogP contribution is -2.22. The van der Waals surface area contributed by atoms with Gasteiger partial charge in [0.2, 0.25) is 5.91 Å². The third-order valence-corrected chi connectivity index (χ3v) is 3.33. The summed E-state index contributed by atoms with van der Waals surface area (Å²) < 4.78 is 5.19. The summed E-state index contributed by atoms with van der Waals surface area (Å²) in [5, 5.41) is 4.87. The minimum atomic E-state index is 0.0471. The molecule has 0 aromatic carbocycles. The fraction of sp³-hybridized carbons (Fsp3) is 0.500. The summed E-state index contributed by atoms with van der Waals surface area (Å²) in [6, 6.07) is 1.95. The van der Waals surface area contributed by atoms with Gasteiger partial charge >= 0.3 is 0 Å². The normalized spacial score (nSPS) is 9.79. The topological polar surface area (TPSA) is 64.3 Å². The first-order chi connectivity index (χ1) is 9.27. The van der Waals surface area contributed by atoms with Gasteiger partial charge in [-0.25, -0.2) is 0 Å². The van der Waals surface area contributed by atoms with E-state index in [1.807, 2.05) is 18.4 Å². The maximum absolute atomic E-state index is 11.6. The smallest absolute Gasteiger partial charge is 0.220 e. The Morgan fingerprint density at radius 2 is 2.42 bits per heavy atom. The highest BCUT2D eigenvalue weighted by molar-refractivity contribution is 7.10. The molecule has 1 amide bonds. The lowest BCUT2D eigenvalue weighted by atomic mass is 10.2. The number of thiophene rings is 1. The minimum absolute atomic E-state index is 0.0471. The molecule has 0 saturated heterocycles. The molecule has 1 aromatic heterocycles. The number of nitrogens with one attached hydrogen (secondary N) is 1. The summed E-state index contributed by atoms with van der Waals surface area (Å²) in [5.74, 6) is 5.87. The highest BCUT2D eigenvalue weighted by Crippen LogP contribution is 2.15. The first kappa shape index (κ1) is 15.7. The SMILES string of the molecule is CCOCCCC(=O)NCc1sccc1C#CCN. The standard InChI is InChI=1S/C14H20N2O2S/c1-2-18-9-4-6-14(17)16-11-13-12(5-3-8-15)7-10-19-13/h7,10H,2,4,6,8-9,11,15H2,1H3,(H,16,17). The van der Waals surface area contributed by atoms with Crippen molar-refractivity contribution in [2.75, 3.05) is 19.8 Å². The van der Waals surface area contributed by atoms with Crippen molar-refractivity contribution in [2.45, 2.75) is 26.3 Å². The number of rotatable bonds is 7. The second-order valence-electron chi connectivity index (χ2n) is 3.84. The monoisotopic (exact) mass is 280 g/mol. The molecular weight excluding hydrogens is 260 g/mol. The third-order valence-electron chi connectivity index (χ3n) is 2.41. The van der Waals surface area contributed by atoms with Crippen molar-refractivity contribution in [2.24, 2.45) is 5.73 Å². The number of nitrogens with two attached hydrogens (primary N) is 1. The second-order valence-corrected chi connectivity index (χ2v) is 4.84. The molecule has 0 fully saturated rings. The molecule has 0 aliphatic heterocycles. The van der Waals surface area contributed by atoms with E-state index in [0.29, 0.717) is 32.7 Å². The van der Waals surface area contributed by atoms with Crippen molar-refractivity contribution in [1.82, 2.24) is 5.32 Å². The van der Waals surface area contributed by atoms with E-state index in [4.69, 9.17) is 10.5 Å². The molecule has 0 atom stereocenters. The number of amides is 1. The van der Waals surface area contributed by atoms with Crippen LogP contribution in [0, 0.1) is 11.8 Å². The number of hydrogen-bond donors (Lipinski definition) is 2. The summed E-state index contributed by atoms with van der Waals surface area (Å²) >= 11 is 1.59. The Bertz CT molecular complexity index is 446. The number of carbonyl (C=O) groups excluding carboxylic acids is 1. The summed E-state index contributed by atoms with van der Waals surface area (Å²) in [6.07, 6.45) is 1.25. The molecule has 4 nitrogen and oxygen atoms in total. The van der Waals surface area contributed by atoms with Crippen molar-refractivity contribution >= 4 is 17.2 Å². The predicted octanol–water partition coefficient (Wildman–Crippen LogP) is 1.49. The third kappa shape index (κ3) is 6.39. The highest BCUT2D eigenvalue weighted by Gasteiger charge is 2.05. The Kier molecular flexibility index (Phi) is 7.91. The molecule has 0 aliphatic rings. The van der Waals surface area contributed by atoms with Gasteiger partial charge in [-0.1, -0.05) is 11.8 Å². The Balaban J connectivity index is 2.32. The molecule has 0 radical (unpaired) electrons. The molecule has 1 heterocycles. The zero-order valence-corrected chi connectivity index (χ0v) is 12.0. The van der Waals surface area contributed by atoms with E-state index in [2.05, 4.69) is 17.2 Å². The second kappa shape index (κ2) is 9.56. The van der Waals surface area contributed by atoms with Crippen molar-refractivity contribution < 1.29 is 9.53 Å². The first-order valence-electron chi connectivity index (χ1n) is 6.37. The van der Waals surface area contributed by atoms with E-state index in [1.165, 1.54) is 0 Å². The molecule has 0 saturated carbocycles. The van der Waals surface area contributed by atoms with Gasteiger partial charge in [-0.3, -0.25) is 4.79 Å². The Morgan fingerprint density at radius 3 is 3.16 bits per heavy atom. The van der Waals surface area contributed by atoms with E-state index >= 15 is 0 Å². The van der Waals surface area contributed by atoms with E-state index in [-0.39, 0.29) is 5.91 Å². The van der Waals surface area contributed by atoms with E-state index in [1.54, 1.807) is 11.3 Å². The van der Waals surface area contributed by atoms with Crippen LogP contribution in [0.25, 0.3) is 0 Å². The molecule has 5 heteroatoms. The van der Waals surface area contributed by atoms with Crippen molar-refractivity contribution in [3.05, 3.63) is 21.9 Å². The van der Waals surface area contributed by atoms with Gasteiger partial charge in [0.05, 0.1) is 13.1 Å². The van der Waals surface area contributed by atoms with Crippen LogP contribution < -0.4 is 11.1 Å². The minimum Gasteiger partial charge on any atom is -0.382 e. The summed E-state index contributed by atoms with van der Waals surface area (Å²) in [5.41, 5.74) is 6.29. The van der Waals surface area contributed by atoms with Gasteiger partial charge in [0.1, 0.15) is 0 Å². The molecule has 0 bridgehead atoms. The average molecular weight is 280 g/mol. The molecule has 19 heavy (non-hydrogen) atoms. The molecule has 3 N–H and O–H groups in total. The van der Waals surface area contributed by atoms with Gasteiger partial charge in [0.15, 0.2) is 0 Å². The molecular formula is C14H20N2O2S. The summed E-state index contributed by atoms with van der Waals surface area (Å²) in [4.78, 5) is 12.7. The summed E-state index contributed by atoms with van der Waals surface area (Å²) in [7, 11) is 0. The largest absolute Gasteiger partial charge is 0.382 e. The molecule has 104 valence electrons. The van der Waals surface area contributed by atoms with E-state index in [9.17, 15) is 4.79 Å². The lowest BCUT2D eigenvalue weighted by molar-refractivity contribution is -0.121. The average Bonchev–Trinajstić information content (AvgIpc) is 2.86. The van der Waals surface area contributed by atoms with Crippen LogP contribution >= 0.6 is 11.3 Å². The van der Waals surface area contributed by atoms with Crippen LogP contribution in [0.15, 0.2) is 11.4 Å². The fourth-order valence-electron chi connectivity index (χ4n) is 1.48. The Labute approximate surface area is 118 Å². The van der Waals surface area contributed by atoms with Gasteiger partial charge in [0.25, 0.3) is 0 Å². The van der Waals surface area contributed by atoms with E-state index in [0.717, 1.165) is 16.9 Å². The Hall–Kier alpha value is -1.35.